The normalized spacial score (nSPS) is 10.6. The van der Waals surface area contributed by atoms with Crippen LogP contribution in [0, 0.1) is 0 Å². The van der Waals surface area contributed by atoms with Gasteiger partial charge in [0.25, 0.3) is 0 Å². The minimum atomic E-state index is 0.0487. The Morgan fingerprint density at radius 3 is 2.59 bits per heavy atom. The van der Waals surface area contributed by atoms with Crippen molar-refractivity contribution in [1.82, 2.24) is 4.98 Å². The van der Waals surface area contributed by atoms with Crippen molar-refractivity contribution >= 4 is 11.3 Å². The van der Waals surface area contributed by atoms with Crippen molar-refractivity contribution in [2.45, 2.75) is 0 Å². The maximum Gasteiger partial charge on any atom is 0.230 e. The summed E-state index contributed by atoms with van der Waals surface area (Å²) in [5.41, 5.74) is 0.959. The fraction of sp³-hybridized carbons (Fsp3) is 0. The van der Waals surface area contributed by atoms with Crippen LogP contribution in [0.4, 0.5) is 0 Å². The molecule has 0 unspecified atom stereocenters. The molecule has 2 aromatic heterocycles. The lowest BCUT2D eigenvalue weighted by Gasteiger charge is -1.95. The zero-order chi connectivity index (χ0) is 11.7. The average molecular weight is 243 g/mol. The maximum absolute atomic E-state index is 9.84. The molecule has 0 saturated heterocycles. The first kappa shape index (κ1) is 10.1. The van der Waals surface area contributed by atoms with Gasteiger partial charge in [-0.25, -0.2) is 0 Å². The van der Waals surface area contributed by atoms with Gasteiger partial charge in [-0.3, -0.25) is 0 Å². The number of nitrogens with zero attached hydrogens (tertiary/aromatic N) is 1. The molecule has 3 aromatic rings. The van der Waals surface area contributed by atoms with E-state index in [1.807, 2.05) is 36.4 Å². The van der Waals surface area contributed by atoms with Gasteiger partial charge in [0.1, 0.15) is 0 Å². The predicted octanol–water partition coefficient (Wildman–Crippen LogP) is 3.78. The third kappa shape index (κ3) is 1.83. The molecule has 17 heavy (non-hydrogen) atoms. The molecule has 0 aliphatic carbocycles. The molecule has 0 atom stereocenters. The van der Waals surface area contributed by atoms with Gasteiger partial charge in [-0.1, -0.05) is 30.3 Å². The van der Waals surface area contributed by atoms with Gasteiger partial charge in [0.15, 0.2) is 10.8 Å². The Morgan fingerprint density at radius 1 is 1.06 bits per heavy atom. The summed E-state index contributed by atoms with van der Waals surface area (Å²) in [4.78, 5) is 4.87. The highest BCUT2D eigenvalue weighted by Gasteiger charge is 2.14. The third-order valence-corrected chi connectivity index (χ3v) is 3.49. The second-order valence-electron chi connectivity index (χ2n) is 3.52. The standard InChI is InChI=1S/C13H9NO2S/c15-12-11(9-5-2-1-3-6-9)17-13(14-12)10-7-4-8-16-10/h1-8,15H. The minimum Gasteiger partial charge on any atom is -0.492 e. The average Bonchev–Trinajstić information content (AvgIpc) is 2.99. The second kappa shape index (κ2) is 4.07. The Balaban J connectivity index is 2.08. The Kier molecular flexibility index (Phi) is 2.42. The number of aromatic nitrogens is 1. The largest absolute Gasteiger partial charge is 0.492 e. The highest BCUT2D eigenvalue weighted by atomic mass is 32.1. The van der Waals surface area contributed by atoms with Crippen LogP contribution in [0.15, 0.2) is 53.1 Å². The van der Waals surface area contributed by atoms with Crippen LogP contribution >= 0.6 is 11.3 Å². The first-order valence-electron chi connectivity index (χ1n) is 5.13. The smallest absolute Gasteiger partial charge is 0.230 e. The molecule has 84 valence electrons. The van der Waals surface area contributed by atoms with Crippen LogP contribution in [-0.2, 0) is 0 Å². The number of rotatable bonds is 2. The monoisotopic (exact) mass is 243 g/mol. The number of furan rings is 1. The molecule has 3 rings (SSSR count). The Labute approximate surface area is 102 Å². The molecular formula is C13H9NO2S. The molecule has 1 N–H and O–H groups in total. The van der Waals surface area contributed by atoms with Crippen molar-refractivity contribution in [3.8, 4) is 27.1 Å². The summed E-state index contributed by atoms with van der Waals surface area (Å²) in [6.45, 7) is 0. The molecule has 0 saturated carbocycles. The Morgan fingerprint density at radius 2 is 1.88 bits per heavy atom. The van der Waals surface area contributed by atoms with Crippen LogP contribution in [-0.4, -0.2) is 10.1 Å². The Hall–Kier alpha value is -2.07. The summed E-state index contributed by atoms with van der Waals surface area (Å²) < 4.78 is 5.26. The van der Waals surface area contributed by atoms with Crippen molar-refractivity contribution in [2.75, 3.05) is 0 Å². The van der Waals surface area contributed by atoms with E-state index in [4.69, 9.17) is 4.42 Å². The van der Waals surface area contributed by atoms with Gasteiger partial charge in [-0.05, 0) is 17.7 Å². The van der Waals surface area contributed by atoms with Gasteiger partial charge in [0, 0.05) is 0 Å². The molecule has 0 spiro atoms. The number of aromatic hydroxyl groups is 1. The number of hydrogen-bond donors (Lipinski definition) is 1. The van der Waals surface area contributed by atoms with E-state index >= 15 is 0 Å². The molecule has 1 aromatic carbocycles. The lowest BCUT2D eigenvalue weighted by Crippen LogP contribution is -1.71. The molecule has 0 aliphatic heterocycles. The molecule has 3 nitrogen and oxygen atoms in total. The third-order valence-electron chi connectivity index (χ3n) is 2.38. The lowest BCUT2D eigenvalue weighted by atomic mass is 10.2. The maximum atomic E-state index is 9.84. The molecule has 0 bridgehead atoms. The van der Waals surface area contributed by atoms with Crippen molar-refractivity contribution in [3.05, 3.63) is 48.7 Å². The fourth-order valence-electron chi connectivity index (χ4n) is 1.60. The van der Waals surface area contributed by atoms with Gasteiger partial charge >= 0.3 is 0 Å². The fourth-order valence-corrected chi connectivity index (χ4v) is 2.53. The van der Waals surface area contributed by atoms with E-state index in [0.717, 1.165) is 10.4 Å². The first-order valence-corrected chi connectivity index (χ1v) is 5.95. The van der Waals surface area contributed by atoms with Crippen molar-refractivity contribution in [3.63, 3.8) is 0 Å². The van der Waals surface area contributed by atoms with Gasteiger partial charge < -0.3 is 9.52 Å². The molecule has 0 aliphatic rings. The van der Waals surface area contributed by atoms with Gasteiger partial charge in [0.2, 0.25) is 5.88 Å². The van der Waals surface area contributed by atoms with E-state index in [2.05, 4.69) is 4.98 Å². The quantitative estimate of drug-likeness (QED) is 0.745. The zero-order valence-electron chi connectivity index (χ0n) is 8.83. The van der Waals surface area contributed by atoms with Crippen LogP contribution in [0.2, 0.25) is 0 Å². The van der Waals surface area contributed by atoms with E-state index < -0.39 is 0 Å². The highest BCUT2D eigenvalue weighted by molar-refractivity contribution is 7.18. The number of benzene rings is 1. The minimum absolute atomic E-state index is 0.0487. The van der Waals surface area contributed by atoms with E-state index in [1.54, 1.807) is 12.3 Å². The van der Waals surface area contributed by atoms with Crippen LogP contribution in [0.3, 0.4) is 0 Å². The second-order valence-corrected chi connectivity index (χ2v) is 4.51. The predicted molar refractivity (Wildman–Crippen MR) is 66.9 cm³/mol. The summed E-state index contributed by atoms with van der Waals surface area (Å²) in [6, 6.07) is 13.3. The molecule has 4 heteroatoms. The summed E-state index contributed by atoms with van der Waals surface area (Å²) >= 11 is 1.42. The van der Waals surface area contributed by atoms with Crippen LogP contribution in [0.25, 0.3) is 21.2 Å². The molecular weight excluding hydrogens is 234 g/mol. The first-order chi connectivity index (χ1) is 8.34. The van der Waals surface area contributed by atoms with Crippen LogP contribution in [0.1, 0.15) is 0 Å². The highest BCUT2D eigenvalue weighted by Crippen LogP contribution is 2.38. The van der Waals surface area contributed by atoms with Gasteiger partial charge in [0.05, 0.1) is 11.1 Å². The van der Waals surface area contributed by atoms with Gasteiger partial charge in [-0.2, -0.15) is 4.98 Å². The van der Waals surface area contributed by atoms with E-state index in [-0.39, 0.29) is 5.88 Å². The van der Waals surface area contributed by atoms with Crippen molar-refractivity contribution in [2.24, 2.45) is 0 Å². The van der Waals surface area contributed by atoms with Crippen molar-refractivity contribution < 1.29 is 9.52 Å². The van der Waals surface area contributed by atoms with E-state index in [9.17, 15) is 5.11 Å². The summed E-state index contributed by atoms with van der Waals surface area (Å²) in [5.74, 6) is 0.722. The SMILES string of the molecule is Oc1nc(-c2ccco2)sc1-c1ccccc1. The van der Waals surface area contributed by atoms with Crippen molar-refractivity contribution in [1.29, 1.82) is 0 Å². The van der Waals surface area contributed by atoms with Gasteiger partial charge in [-0.15, -0.1) is 11.3 Å². The summed E-state index contributed by atoms with van der Waals surface area (Å²) in [7, 11) is 0. The zero-order valence-corrected chi connectivity index (χ0v) is 9.65. The number of thiazole rings is 1. The summed E-state index contributed by atoms with van der Waals surface area (Å²) in [5, 5.41) is 10.5. The lowest BCUT2D eigenvalue weighted by molar-refractivity contribution is 0.459. The van der Waals surface area contributed by atoms with E-state index in [1.165, 1.54) is 11.3 Å². The molecule has 2 heterocycles. The number of hydrogen-bond acceptors (Lipinski definition) is 4. The molecule has 0 radical (unpaired) electrons. The van der Waals surface area contributed by atoms with E-state index in [0.29, 0.717) is 10.8 Å². The van der Waals surface area contributed by atoms with Crippen LogP contribution in [0.5, 0.6) is 5.88 Å². The topological polar surface area (TPSA) is 46.3 Å². The summed E-state index contributed by atoms with van der Waals surface area (Å²) in [6.07, 6.45) is 1.59. The molecule has 0 fully saturated rings. The van der Waals surface area contributed by atoms with Crippen LogP contribution < -0.4 is 0 Å². The Bertz CT molecular complexity index is 614. The molecule has 0 amide bonds.